The normalized spacial score (nSPS) is 23.1. The van der Waals surface area contributed by atoms with Crippen LogP contribution in [0, 0.1) is 10.6 Å². The van der Waals surface area contributed by atoms with E-state index in [0.29, 0.717) is 21.8 Å². The SMILES string of the molecule is COc1cc2c(cc1F)[nH]c(=S)n2C1CCS(=O)CC1. The van der Waals surface area contributed by atoms with E-state index in [9.17, 15) is 8.60 Å². The Morgan fingerprint density at radius 2 is 2.15 bits per heavy atom. The van der Waals surface area contributed by atoms with Crippen LogP contribution in [0.5, 0.6) is 5.75 Å². The lowest BCUT2D eigenvalue weighted by molar-refractivity contribution is 0.387. The van der Waals surface area contributed by atoms with Gasteiger partial charge >= 0.3 is 0 Å². The number of H-pyrrole nitrogens is 1. The van der Waals surface area contributed by atoms with Gasteiger partial charge in [0.1, 0.15) is 0 Å². The van der Waals surface area contributed by atoms with E-state index in [4.69, 9.17) is 17.0 Å². The van der Waals surface area contributed by atoms with Gasteiger partial charge in [0.05, 0.1) is 18.1 Å². The third-order valence-electron chi connectivity index (χ3n) is 3.71. The second-order valence-electron chi connectivity index (χ2n) is 4.88. The summed E-state index contributed by atoms with van der Waals surface area (Å²) in [5.41, 5.74) is 1.51. The molecule has 2 aromatic rings. The number of fused-ring (bicyclic) bond motifs is 1. The zero-order valence-corrected chi connectivity index (χ0v) is 12.7. The molecule has 1 aromatic carbocycles. The third-order valence-corrected chi connectivity index (χ3v) is 5.39. The minimum Gasteiger partial charge on any atom is -0.494 e. The first-order chi connectivity index (χ1) is 9.60. The van der Waals surface area contributed by atoms with E-state index >= 15 is 0 Å². The minimum atomic E-state index is -0.715. The zero-order chi connectivity index (χ0) is 14.3. The van der Waals surface area contributed by atoms with Crippen LogP contribution in [0.3, 0.4) is 0 Å². The molecule has 20 heavy (non-hydrogen) atoms. The first kappa shape index (κ1) is 13.8. The molecule has 0 radical (unpaired) electrons. The number of aromatic nitrogens is 2. The van der Waals surface area contributed by atoms with E-state index < -0.39 is 16.6 Å². The smallest absolute Gasteiger partial charge is 0.178 e. The Morgan fingerprint density at radius 3 is 2.80 bits per heavy atom. The standard InChI is InChI=1S/C13H15FN2O2S2/c1-18-12-7-11-10(6-9(12)14)15-13(19)16(11)8-2-4-20(17)5-3-8/h6-8H,2-5H2,1H3,(H,15,19). The van der Waals surface area contributed by atoms with Crippen molar-refractivity contribution in [3.63, 3.8) is 0 Å². The maximum atomic E-state index is 13.7. The monoisotopic (exact) mass is 314 g/mol. The van der Waals surface area contributed by atoms with Crippen molar-refractivity contribution in [2.24, 2.45) is 0 Å². The molecule has 0 bridgehead atoms. The quantitative estimate of drug-likeness (QED) is 0.867. The summed E-state index contributed by atoms with van der Waals surface area (Å²) >= 11 is 5.35. The van der Waals surface area contributed by atoms with Crippen LogP contribution >= 0.6 is 12.2 Å². The summed E-state index contributed by atoms with van der Waals surface area (Å²) in [6, 6.07) is 3.29. The highest BCUT2D eigenvalue weighted by Gasteiger charge is 2.22. The molecule has 1 aliphatic heterocycles. The average molecular weight is 314 g/mol. The number of aromatic amines is 1. The van der Waals surface area contributed by atoms with Crippen molar-refractivity contribution in [1.82, 2.24) is 9.55 Å². The molecule has 1 aromatic heterocycles. The van der Waals surface area contributed by atoms with Gasteiger partial charge in [-0.2, -0.15) is 0 Å². The number of hydrogen-bond acceptors (Lipinski definition) is 3. The molecule has 0 amide bonds. The first-order valence-corrected chi connectivity index (χ1v) is 8.32. The van der Waals surface area contributed by atoms with Crippen molar-refractivity contribution in [3.05, 3.63) is 22.7 Å². The van der Waals surface area contributed by atoms with E-state index in [1.54, 1.807) is 6.07 Å². The third kappa shape index (κ3) is 2.29. The van der Waals surface area contributed by atoms with Gasteiger partial charge in [0, 0.05) is 40.5 Å². The number of methoxy groups -OCH3 is 1. The number of nitrogens with zero attached hydrogens (tertiary/aromatic N) is 1. The van der Waals surface area contributed by atoms with Gasteiger partial charge in [-0.3, -0.25) is 4.21 Å². The second-order valence-corrected chi connectivity index (χ2v) is 6.97. The van der Waals surface area contributed by atoms with Crippen LogP contribution < -0.4 is 4.74 Å². The number of rotatable bonds is 2. The van der Waals surface area contributed by atoms with Gasteiger partial charge in [-0.05, 0) is 25.1 Å². The topological polar surface area (TPSA) is 47.0 Å². The summed E-state index contributed by atoms with van der Waals surface area (Å²) in [5.74, 6) is 1.18. The molecule has 2 heterocycles. The Labute approximate surface area is 123 Å². The van der Waals surface area contributed by atoms with Gasteiger partial charge in [-0.1, -0.05) is 0 Å². The maximum absolute atomic E-state index is 13.7. The summed E-state index contributed by atoms with van der Waals surface area (Å²) in [5, 5.41) is 0. The van der Waals surface area contributed by atoms with Gasteiger partial charge in [-0.25, -0.2) is 4.39 Å². The summed E-state index contributed by atoms with van der Waals surface area (Å²) in [7, 11) is 0.729. The van der Waals surface area contributed by atoms with Crippen molar-refractivity contribution in [1.29, 1.82) is 0 Å². The van der Waals surface area contributed by atoms with Crippen molar-refractivity contribution in [2.45, 2.75) is 18.9 Å². The molecule has 4 nitrogen and oxygen atoms in total. The second kappa shape index (κ2) is 5.29. The molecule has 1 fully saturated rings. The van der Waals surface area contributed by atoms with Crippen molar-refractivity contribution < 1.29 is 13.3 Å². The molecule has 0 atom stereocenters. The number of imidazole rings is 1. The Bertz CT molecular complexity index is 728. The van der Waals surface area contributed by atoms with Gasteiger partial charge in [0.25, 0.3) is 0 Å². The Hall–Kier alpha value is -1.21. The lowest BCUT2D eigenvalue weighted by Gasteiger charge is -2.23. The zero-order valence-electron chi connectivity index (χ0n) is 11.0. The summed E-state index contributed by atoms with van der Waals surface area (Å²) in [6.45, 7) is 0. The Kier molecular flexibility index (Phi) is 3.64. The fraction of sp³-hybridized carbons (Fsp3) is 0.462. The predicted octanol–water partition coefficient (Wildman–Crippen LogP) is 2.93. The maximum Gasteiger partial charge on any atom is 0.178 e. The molecule has 108 valence electrons. The van der Waals surface area contributed by atoms with Crippen molar-refractivity contribution >= 4 is 34.1 Å². The molecular weight excluding hydrogens is 299 g/mol. The molecule has 0 unspecified atom stereocenters. The highest BCUT2D eigenvalue weighted by Crippen LogP contribution is 2.30. The number of ether oxygens (including phenoxy) is 1. The van der Waals surface area contributed by atoms with Crippen LogP contribution in [-0.2, 0) is 10.8 Å². The minimum absolute atomic E-state index is 0.208. The molecule has 0 aliphatic carbocycles. The van der Waals surface area contributed by atoms with Crippen LogP contribution in [0.1, 0.15) is 18.9 Å². The van der Waals surface area contributed by atoms with Crippen LogP contribution in [0.25, 0.3) is 11.0 Å². The molecule has 0 spiro atoms. The van der Waals surface area contributed by atoms with Gasteiger partial charge < -0.3 is 14.3 Å². The van der Waals surface area contributed by atoms with E-state index in [0.717, 1.165) is 18.4 Å². The highest BCUT2D eigenvalue weighted by atomic mass is 32.2. The van der Waals surface area contributed by atoms with Gasteiger partial charge in [0.15, 0.2) is 16.3 Å². The summed E-state index contributed by atoms with van der Waals surface area (Å²) in [6.07, 6.45) is 1.65. The lowest BCUT2D eigenvalue weighted by atomic mass is 10.1. The summed E-state index contributed by atoms with van der Waals surface area (Å²) in [4.78, 5) is 3.03. The number of benzene rings is 1. The highest BCUT2D eigenvalue weighted by molar-refractivity contribution is 7.85. The molecule has 1 N–H and O–H groups in total. The van der Waals surface area contributed by atoms with Crippen LogP contribution in [0.15, 0.2) is 12.1 Å². The van der Waals surface area contributed by atoms with Crippen LogP contribution in [0.2, 0.25) is 0 Å². The fourth-order valence-corrected chi connectivity index (χ4v) is 4.32. The molecule has 7 heteroatoms. The van der Waals surface area contributed by atoms with Crippen LogP contribution in [-0.4, -0.2) is 32.4 Å². The van der Waals surface area contributed by atoms with E-state index in [2.05, 4.69) is 4.98 Å². The van der Waals surface area contributed by atoms with E-state index in [1.165, 1.54) is 13.2 Å². The predicted molar refractivity (Wildman–Crippen MR) is 79.8 cm³/mol. The van der Waals surface area contributed by atoms with Crippen molar-refractivity contribution in [2.75, 3.05) is 18.6 Å². The summed E-state index contributed by atoms with van der Waals surface area (Å²) < 4.78 is 32.8. The fourth-order valence-electron chi connectivity index (χ4n) is 2.69. The largest absolute Gasteiger partial charge is 0.494 e. The number of halogens is 1. The molecule has 0 saturated carbocycles. The molecule has 1 saturated heterocycles. The molecule has 1 aliphatic rings. The molecule has 3 rings (SSSR count). The van der Waals surface area contributed by atoms with Gasteiger partial charge in [0.2, 0.25) is 0 Å². The number of nitrogens with one attached hydrogen (secondary N) is 1. The van der Waals surface area contributed by atoms with Crippen molar-refractivity contribution in [3.8, 4) is 5.75 Å². The van der Waals surface area contributed by atoms with Gasteiger partial charge in [-0.15, -0.1) is 0 Å². The average Bonchev–Trinajstić information content (AvgIpc) is 2.74. The van der Waals surface area contributed by atoms with E-state index in [1.807, 2.05) is 4.57 Å². The lowest BCUT2D eigenvalue weighted by Crippen LogP contribution is -2.21. The Balaban J connectivity index is 2.12. The molecular formula is C13H15FN2O2S2. The first-order valence-electron chi connectivity index (χ1n) is 6.43. The number of hydrogen-bond donors (Lipinski definition) is 1. The van der Waals surface area contributed by atoms with Crippen LogP contribution in [0.4, 0.5) is 4.39 Å². The Morgan fingerprint density at radius 1 is 1.45 bits per heavy atom. The van der Waals surface area contributed by atoms with E-state index in [-0.39, 0.29) is 11.8 Å².